The molecule has 3 nitrogen and oxygen atoms in total. The van der Waals surface area contributed by atoms with Gasteiger partial charge in [0.2, 0.25) is 5.91 Å². The SMILES string of the molecule is Cc1ccc(C2CN(C(=O)C3CC3)CCN2c2ccc(C)cc2C)cc1. The summed E-state index contributed by atoms with van der Waals surface area (Å²) in [4.78, 5) is 17.2. The van der Waals surface area contributed by atoms with Gasteiger partial charge in [-0.2, -0.15) is 0 Å². The van der Waals surface area contributed by atoms with Gasteiger partial charge in [0.05, 0.1) is 6.04 Å². The minimum atomic E-state index is 0.216. The van der Waals surface area contributed by atoms with Crippen LogP contribution in [0.5, 0.6) is 0 Å². The standard InChI is InChI=1S/C23H28N2O/c1-16-4-7-19(8-5-16)22-15-24(23(26)20-9-10-20)12-13-25(22)21-11-6-17(2)14-18(21)3/h4-8,11,14,20,22H,9-10,12-13,15H2,1-3H3. The fraction of sp³-hybridized carbons (Fsp3) is 0.435. The van der Waals surface area contributed by atoms with Crippen molar-refractivity contribution in [1.29, 1.82) is 0 Å². The number of carbonyl (C=O) groups is 1. The molecule has 0 bridgehead atoms. The Hall–Kier alpha value is -2.29. The molecule has 1 saturated heterocycles. The fourth-order valence-corrected chi connectivity index (χ4v) is 4.06. The maximum Gasteiger partial charge on any atom is 0.225 e. The lowest BCUT2D eigenvalue weighted by Gasteiger charge is -2.44. The van der Waals surface area contributed by atoms with Gasteiger partial charge in [-0.3, -0.25) is 4.79 Å². The Bertz CT molecular complexity index is 807. The van der Waals surface area contributed by atoms with E-state index in [1.807, 2.05) is 0 Å². The van der Waals surface area contributed by atoms with Crippen molar-refractivity contribution in [1.82, 2.24) is 4.90 Å². The molecule has 2 fully saturated rings. The number of carbonyl (C=O) groups excluding carboxylic acids is 1. The van der Waals surface area contributed by atoms with Gasteiger partial charge in [-0.1, -0.05) is 47.5 Å². The first-order chi connectivity index (χ1) is 12.5. The molecule has 0 radical (unpaired) electrons. The van der Waals surface area contributed by atoms with Crippen LogP contribution in [0.25, 0.3) is 0 Å². The molecular weight excluding hydrogens is 320 g/mol. The minimum Gasteiger partial charge on any atom is -0.361 e. The van der Waals surface area contributed by atoms with Crippen LogP contribution in [0.15, 0.2) is 42.5 Å². The van der Waals surface area contributed by atoms with E-state index in [1.54, 1.807) is 0 Å². The van der Waals surface area contributed by atoms with Gasteiger partial charge < -0.3 is 9.80 Å². The second-order valence-corrected chi connectivity index (χ2v) is 7.97. The lowest BCUT2D eigenvalue weighted by atomic mass is 9.98. The maximum atomic E-state index is 12.7. The van der Waals surface area contributed by atoms with E-state index in [0.29, 0.717) is 11.8 Å². The summed E-state index contributed by atoms with van der Waals surface area (Å²) in [7, 11) is 0. The van der Waals surface area contributed by atoms with Gasteiger partial charge in [0, 0.05) is 31.2 Å². The van der Waals surface area contributed by atoms with Crippen LogP contribution in [0.1, 0.15) is 41.1 Å². The summed E-state index contributed by atoms with van der Waals surface area (Å²) in [5, 5.41) is 0. The van der Waals surface area contributed by atoms with Crippen LogP contribution in [0.2, 0.25) is 0 Å². The van der Waals surface area contributed by atoms with Crippen molar-refractivity contribution in [2.45, 2.75) is 39.7 Å². The molecule has 2 aromatic carbocycles. The third kappa shape index (κ3) is 3.35. The Morgan fingerprint density at radius 3 is 2.27 bits per heavy atom. The van der Waals surface area contributed by atoms with Crippen LogP contribution in [0, 0.1) is 26.7 Å². The first-order valence-electron chi connectivity index (χ1n) is 9.72. The van der Waals surface area contributed by atoms with E-state index in [4.69, 9.17) is 0 Å². The lowest BCUT2D eigenvalue weighted by Crippen LogP contribution is -2.51. The first kappa shape index (κ1) is 17.1. The molecule has 136 valence electrons. The van der Waals surface area contributed by atoms with E-state index in [9.17, 15) is 4.79 Å². The highest BCUT2D eigenvalue weighted by molar-refractivity contribution is 5.81. The Kier molecular flexibility index (Phi) is 4.47. The van der Waals surface area contributed by atoms with Crippen molar-refractivity contribution < 1.29 is 4.79 Å². The number of anilines is 1. The Morgan fingerprint density at radius 2 is 1.62 bits per heavy atom. The highest BCUT2D eigenvalue weighted by Crippen LogP contribution is 2.36. The Balaban J connectivity index is 1.67. The normalized spacial score (nSPS) is 20.3. The first-order valence-corrected chi connectivity index (χ1v) is 9.72. The molecule has 2 aromatic rings. The average molecular weight is 348 g/mol. The maximum absolute atomic E-state index is 12.7. The summed E-state index contributed by atoms with van der Waals surface area (Å²) < 4.78 is 0. The molecule has 0 N–H and O–H groups in total. The molecular formula is C23H28N2O. The molecule has 4 rings (SSSR count). The van der Waals surface area contributed by atoms with Gasteiger partial charge in [0.1, 0.15) is 0 Å². The van der Waals surface area contributed by atoms with Crippen LogP contribution in [0.3, 0.4) is 0 Å². The predicted molar refractivity (Wildman–Crippen MR) is 106 cm³/mol. The van der Waals surface area contributed by atoms with Gasteiger partial charge in [-0.25, -0.2) is 0 Å². The highest BCUT2D eigenvalue weighted by atomic mass is 16.2. The van der Waals surface area contributed by atoms with Crippen molar-refractivity contribution in [3.63, 3.8) is 0 Å². The van der Waals surface area contributed by atoms with Crippen LogP contribution in [-0.2, 0) is 4.79 Å². The number of piperazine rings is 1. The summed E-state index contributed by atoms with van der Waals surface area (Å²) in [6.45, 7) is 8.95. The van der Waals surface area contributed by atoms with E-state index < -0.39 is 0 Å². The van der Waals surface area contributed by atoms with Gasteiger partial charge in [0.25, 0.3) is 0 Å². The monoisotopic (exact) mass is 348 g/mol. The summed E-state index contributed by atoms with van der Waals surface area (Å²) in [6, 6.07) is 15.7. The number of hydrogen-bond acceptors (Lipinski definition) is 2. The lowest BCUT2D eigenvalue weighted by molar-refractivity contribution is -0.133. The molecule has 1 atom stereocenters. The third-order valence-electron chi connectivity index (χ3n) is 5.74. The fourth-order valence-electron chi connectivity index (χ4n) is 4.06. The number of rotatable bonds is 3. The van der Waals surface area contributed by atoms with Crippen LogP contribution in [0.4, 0.5) is 5.69 Å². The quantitative estimate of drug-likeness (QED) is 0.820. The third-order valence-corrected chi connectivity index (χ3v) is 5.74. The van der Waals surface area contributed by atoms with E-state index in [1.165, 1.54) is 27.9 Å². The van der Waals surface area contributed by atoms with Gasteiger partial charge in [0.15, 0.2) is 0 Å². The number of benzene rings is 2. The largest absolute Gasteiger partial charge is 0.361 e. The molecule has 1 aliphatic heterocycles. The zero-order chi connectivity index (χ0) is 18.3. The second kappa shape index (κ2) is 6.79. The van der Waals surface area contributed by atoms with Crippen LogP contribution < -0.4 is 4.90 Å². The molecule has 0 aromatic heterocycles. The summed E-state index contributed by atoms with van der Waals surface area (Å²) in [6.07, 6.45) is 2.15. The highest BCUT2D eigenvalue weighted by Gasteiger charge is 2.38. The van der Waals surface area contributed by atoms with Crippen molar-refractivity contribution in [2.75, 3.05) is 24.5 Å². The molecule has 1 unspecified atom stereocenters. The molecule has 1 aliphatic carbocycles. The second-order valence-electron chi connectivity index (χ2n) is 7.97. The summed E-state index contributed by atoms with van der Waals surface area (Å²) in [5.41, 5.74) is 6.46. The average Bonchev–Trinajstić information content (AvgIpc) is 3.47. The molecule has 3 heteroatoms. The molecule has 0 spiro atoms. The van der Waals surface area contributed by atoms with Gasteiger partial charge in [-0.05, 0) is 50.8 Å². The van der Waals surface area contributed by atoms with Crippen molar-refractivity contribution in [2.24, 2.45) is 5.92 Å². The van der Waals surface area contributed by atoms with E-state index >= 15 is 0 Å². The predicted octanol–water partition coefficient (Wildman–Crippen LogP) is 4.41. The molecule has 2 aliphatic rings. The van der Waals surface area contributed by atoms with Crippen LogP contribution >= 0.6 is 0 Å². The minimum absolute atomic E-state index is 0.216. The van der Waals surface area contributed by atoms with E-state index in [0.717, 1.165) is 32.5 Å². The number of amides is 1. The van der Waals surface area contributed by atoms with Crippen molar-refractivity contribution in [3.8, 4) is 0 Å². The smallest absolute Gasteiger partial charge is 0.225 e. The number of nitrogens with zero attached hydrogens (tertiary/aromatic N) is 2. The van der Waals surface area contributed by atoms with Crippen molar-refractivity contribution in [3.05, 3.63) is 64.7 Å². The number of hydrogen-bond donors (Lipinski definition) is 0. The Morgan fingerprint density at radius 1 is 0.923 bits per heavy atom. The topological polar surface area (TPSA) is 23.6 Å². The van der Waals surface area contributed by atoms with Crippen molar-refractivity contribution >= 4 is 11.6 Å². The molecule has 26 heavy (non-hydrogen) atoms. The van der Waals surface area contributed by atoms with E-state index in [2.05, 4.69) is 73.0 Å². The number of aryl methyl sites for hydroxylation is 3. The van der Waals surface area contributed by atoms with Gasteiger partial charge >= 0.3 is 0 Å². The molecule has 1 heterocycles. The zero-order valence-corrected chi connectivity index (χ0v) is 16.0. The Labute approximate surface area is 156 Å². The molecule has 1 saturated carbocycles. The van der Waals surface area contributed by atoms with Gasteiger partial charge in [-0.15, -0.1) is 0 Å². The summed E-state index contributed by atoms with van der Waals surface area (Å²) in [5.74, 6) is 0.656. The van der Waals surface area contributed by atoms with Crippen LogP contribution in [-0.4, -0.2) is 30.4 Å². The zero-order valence-electron chi connectivity index (χ0n) is 16.0. The summed E-state index contributed by atoms with van der Waals surface area (Å²) >= 11 is 0. The molecule has 1 amide bonds. The van der Waals surface area contributed by atoms with E-state index in [-0.39, 0.29) is 6.04 Å².